The van der Waals surface area contributed by atoms with Crippen molar-refractivity contribution in [2.75, 3.05) is 6.54 Å². The standard InChI is InChI=1S/C20H29N3O/c1-2-15-23-18-12-7-6-11-17(18)22-19(23)13-8-14-21-20(24)16-9-4-3-5-10-16/h6-7,11-12,16H,2-5,8-10,13-15H2,1H3,(H,21,24). The largest absolute Gasteiger partial charge is 0.356 e. The van der Waals surface area contributed by atoms with Crippen LogP contribution in [0.5, 0.6) is 0 Å². The van der Waals surface area contributed by atoms with E-state index in [2.05, 4.69) is 35.0 Å². The Bertz CT molecular complexity index is 671. The van der Waals surface area contributed by atoms with Gasteiger partial charge in [-0.05, 0) is 37.8 Å². The van der Waals surface area contributed by atoms with Gasteiger partial charge in [-0.1, -0.05) is 38.3 Å². The van der Waals surface area contributed by atoms with Gasteiger partial charge in [0.2, 0.25) is 5.91 Å². The molecular formula is C20H29N3O. The Balaban J connectivity index is 1.53. The van der Waals surface area contributed by atoms with Crippen LogP contribution in [0, 0.1) is 5.92 Å². The second kappa shape index (κ2) is 8.32. The zero-order valence-corrected chi connectivity index (χ0v) is 14.8. The molecule has 1 aliphatic carbocycles. The van der Waals surface area contributed by atoms with Crippen molar-refractivity contribution in [2.45, 2.75) is 64.8 Å². The summed E-state index contributed by atoms with van der Waals surface area (Å²) in [6.07, 6.45) is 8.81. The van der Waals surface area contributed by atoms with Gasteiger partial charge in [0.15, 0.2) is 0 Å². The monoisotopic (exact) mass is 327 g/mol. The Labute approximate surface area is 144 Å². The molecule has 24 heavy (non-hydrogen) atoms. The molecule has 0 bridgehead atoms. The molecular weight excluding hydrogens is 298 g/mol. The lowest BCUT2D eigenvalue weighted by Crippen LogP contribution is -2.32. The van der Waals surface area contributed by atoms with Gasteiger partial charge in [0.1, 0.15) is 5.82 Å². The zero-order valence-electron chi connectivity index (χ0n) is 14.8. The Hall–Kier alpha value is -1.84. The quantitative estimate of drug-likeness (QED) is 0.779. The number of aryl methyl sites for hydroxylation is 2. The molecule has 4 heteroatoms. The zero-order chi connectivity index (χ0) is 16.8. The number of amides is 1. The molecule has 1 aromatic heterocycles. The molecule has 1 N–H and O–H groups in total. The lowest BCUT2D eigenvalue weighted by atomic mass is 9.89. The first-order chi connectivity index (χ1) is 11.8. The van der Waals surface area contributed by atoms with Crippen LogP contribution in [0.1, 0.15) is 57.7 Å². The van der Waals surface area contributed by atoms with E-state index in [-0.39, 0.29) is 11.8 Å². The predicted octanol–water partition coefficient (Wildman–Crippen LogP) is 4.08. The molecule has 0 saturated heterocycles. The molecule has 3 rings (SSSR count). The highest BCUT2D eigenvalue weighted by atomic mass is 16.1. The van der Waals surface area contributed by atoms with Crippen LogP contribution in [0.3, 0.4) is 0 Å². The third kappa shape index (κ3) is 3.97. The number of benzene rings is 1. The number of rotatable bonds is 7. The van der Waals surface area contributed by atoms with Gasteiger partial charge in [-0.3, -0.25) is 4.79 Å². The fourth-order valence-electron chi connectivity index (χ4n) is 3.76. The summed E-state index contributed by atoms with van der Waals surface area (Å²) in [7, 11) is 0. The molecule has 0 unspecified atom stereocenters. The lowest BCUT2D eigenvalue weighted by Gasteiger charge is -2.20. The molecule has 0 atom stereocenters. The maximum Gasteiger partial charge on any atom is 0.223 e. The van der Waals surface area contributed by atoms with E-state index in [1.807, 2.05) is 6.07 Å². The Morgan fingerprint density at radius 3 is 2.83 bits per heavy atom. The topological polar surface area (TPSA) is 46.9 Å². The van der Waals surface area contributed by atoms with E-state index in [0.29, 0.717) is 0 Å². The van der Waals surface area contributed by atoms with Crippen LogP contribution in [0.25, 0.3) is 11.0 Å². The Morgan fingerprint density at radius 2 is 2.04 bits per heavy atom. The van der Waals surface area contributed by atoms with E-state index in [1.54, 1.807) is 0 Å². The van der Waals surface area contributed by atoms with E-state index in [9.17, 15) is 4.79 Å². The van der Waals surface area contributed by atoms with Crippen LogP contribution in [-0.4, -0.2) is 22.0 Å². The summed E-state index contributed by atoms with van der Waals surface area (Å²) >= 11 is 0. The summed E-state index contributed by atoms with van der Waals surface area (Å²) in [5, 5.41) is 3.13. The maximum atomic E-state index is 12.2. The van der Waals surface area contributed by atoms with Crippen molar-refractivity contribution in [3.63, 3.8) is 0 Å². The van der Waals surface area contributed by atoms with Gasteiger partial charge in [-0.25, -0.2) is 4.98 Å². The van der Waals surface area contributed by atoms with E-state index < -0.39 is 0 Å². The maximum absolute atomic E-state index is 12.2. The molecule has 130 valence electrons. The lowest BCUT2D eigenvalue weighted by molar-refractivity contribution is -0.125. The van der Waals surface area contributed by atoms with Crippen molar-refractivity contribution < 1.29 is 4.79 Å². The van der Waals surface area contributed by atoms with Crippen LogP contribution in [-0.2, 0) is 17.8 Å². The van der Waals surface area contributed by atoms with Gasteiger partial charge in [-0.15, -0.1) is 0 Å². The number of hydrogen-bond donors (Lipinski definition) is 1. The molecule has 0 aliphatic heterocycles. The molecule has 1 heterocycles. The summed E-state index contributed by atoms with van der Waals surface area (Å²) in [6, 6.07) is 8.34. The van der Waals surface area contributed by atoms with Crippen LogP contribution < -0.4 is 5.32 Å². The highest BCUT2D eigenvalue weighted by molar-refractivity contribution is 5.78. The Kier molecular flexibility index (Phi) is 5.89. The van der Waals surface area contributed by atoms with Crippen molar-refractivity contribution in [1.82, 2.24) is 14.9 Å². The molecule has 1 amide bonds. The van der Waals surface area contributed by atoms with Gasteiger partial charge in [-0.2, -0.15) is 0 Å². The summed E-state index contributed by atoms with van der Waals surface area (Å²) in [5.41, 5.74) is 2.30. The van der Waals surface area contributed by atoms with E-state index in [4.69, 9.17) is 4.98 Å². The second-order valence-electron chi connectivity index (χ2n) is 6.90. The highest BCUT2D eigenvalue weighted by Gasteiger charge is 2.20. The minimum atomic E-state index is 0.253. The van der Waals surface area contributed by atoms with Gasteiger partial charge < -0.3 is 9.88 Å². The molecule has 1 saturated carbocycles. The predicted molar refractivity (Wildman–Crippen MR) is 97.9 cm³/mol. The van der Waals surface area contributed by atoms with Crippen molar-refractivity contribution in [3.8, 4) is 0 Å². The molecule has 2 aromatic rings. The van der Waals surface area contributed by atoms with Crippen molar-refractivity contribution in [1.29, 1.82) is 0 Å². The number of imidazole rings is 1. The second-order valence-corrected chi connectivity index (χ2v) is 6.90. The van der Waals surface area contributed by atoms with Gasteiger partial charge in [0.25, 0.3) is 0 Å². The third-order valence-corrected chi connectivity index (χ3v) is 5.03. The van der Waals surface area contributed by atoms with Crippen molar-refractivity contribution in [3.05, 3.63) is 30.1 Å². The minimum absolute atomic E-state index is 0.253. The molecule has 0 spiro atoms. The fraction of sp³-hybridized carbons (Fsp3) is 0.600. The molecule has 1 aliphatic rings. The average molecular weight is 327 g/mol. The van der Waals surface area contributed by atoms with Gasteiger partial charge in [0, 0.05) is 25.4 Å². The number of aromatic nitrogens is 2. The fourth-order valence-corrected chi connectivity index (χ4v) is 3.76. The summed E-state index contributed by atoms with van der Waals surface area (Å²) in [4.78, 5) is 17.0. The number of carbonyl (C=O) groups is 1. The first kappa shape index (κ1) is 17.0. The van der Waals surface area contributed by atoms with E-state index in [1.165, 1.54) is 24.8 Å². The normalized spacial score (nSPS) is 15.7. The SMILES string of the molecule is CCCn1c(CCCNC(=O)C2CCCCC2)nc2ccccc21. The minimum Gasteiger partial charge on any atom is -0.356 e. The van der Waals surface area contributed by atoms with Crippen LogP contribution >= 0.6 is 0 Å². The number of carbonyl (C=O) groups excluding carboxylic acids is 1. The number of nitrogens with one attached hydrogen (secondary N) is 1. The number of hydrogen-bond acceptors (Lipinski definition) is 2. The molecule has 4 nitrogen and oxygen atoms in total. The molecule has 1 aromatic carbocycles. The van der Waals surface area contributed by atoms with Crippen molar-refractivity contribution in [2.24, 2.45) is 5.92 Å². The van der Waals surface area contributed by atoms with Gasteiger partial charge >= 0.3 is 0 Å². The average Bonchev–Trinajstić information content (AvgIpc) is 2.97. The number of fused-ring (bicyclic) bond motifs is 1. The number of nitrogens with zero attached hydrogens (tertiary/aromatic N) is 2. The van der Waals surface area contributed by atoms with E-state index in [0.717, 1.165) is 56.5 Å². The summed E-state index contributed by atoms with van der Waals surface area (Å²) in [6.45, 7) is 3.96. The van der Waals surface area contributed by atoms with Crippen molar-refractivity contribution >= 4 is 16.9 Å². The first-order valence-corrected chi connectivity index (χ1v) is 9.51. The van der Waals surface area contributed by atoms with Gasteiger partial charge in [0.05, 0.1) is 11.0 Å². The summed E-state index contributed by atoms with van der Waals surface area (Å²) < 4.78 is 2.33. The van der Waals surface area contributed by atoms with Crippen LogP contribution in [0.4, 0.5) is 0 Å². The molecule has 1 fully saturated rings. The molecule has 0 radical (unpaired) electrons. The third-order valence-electron chi connectivity index (χ3n) is 5.03. The van der Waals surface area contributed by atoms with Crippen LogP contribution in [0.15, 0.2) is 24.3 Å². The summed E-state index contributed by atoms with van der Waals surface area (Å²) in [5.74, 6) is 1.66. The van der Waals surface area contributed by atoms with Crippen LogP contribution in [0.2, 0.25) is 0 Å². The Morgan fingerprint density at radius 1 is 1.25 bits per heavy atom. The smallest absolute Gasteiger partial charge is 0.223 e. The first-order valence-electron chi connectivity index (χ1n) is 9.51. The van der Waals surface area contributed by atoms with E-state index >= 15 is 0 Å². The number of para-hydroxylation sites is 2. The highest BCUT2D eigenvalue weighted by Crippen LogP contribution is 2.23.